The van der Waals surface area contributed by atoms with E-state index in [1.807, 2.05) is 6.92 Å². The quantitative estimate of drug-likeness (QED) is 0.627. The SMILES string of the molecule is C/C=C(\c1ccccc1)C(CCCC)(CC(=O)OC)C(F)(F)F. The number of hydrogen-bond donors (Lipinski definition) is 0. The molecule has 128 valence electrons. The number of halogens is 3. The predicted octanol–water partition coefficient (Wildman–Crippen LogP) is 5.39. The van der Waals surface area contributed by atoms with Crippen molar-refractivity contribution in [3.8, 4) is 0 Å². The summed E-state index contributed by atoms with van der Waals surface area (Å²) in [6, 6.07) is 8.41. The van der Waals surface area contributed by atoms with E-state index < -0.39 is 24.0 Å². The van der Waals surface area contributed by atoms with Crippen LogP contribution in [0, 0.1) is 5.41 Å². The van der Waals surface area contributed by atoms with Gasteiger partial charge in [0.1, 0.15) is 5.41 Å². The molecule has 0 aliphatic rings. The van der Waals surface area contributed by atoms with E-state index in [1.54, 1.807) is 37.3 Å². The molecular weight excluding hydrogens is 305 g/mol. The van der Waals surface area contributed by atoms with E-state index in [9.17, 15) is 18.0 Å². The lowest BCUT2D eigenvalue weighted by atomic mass is 9.70. The molecule has 1 unspecified atom stereocenters. The number of ether oxygens (including phenoxy) is 1. The Morgan fingerprint density at radius 1 is 1.22 bits per heavy atom. The highest BCUT2D eigenvalue weighted by molar-refractivity contribution is 5.79. The summed E-state index contributed by atoms with van der Waals surface area (Å²) in [6.07, 6.45) is -2.95. The second kappa shape index (κ2) is 8.18. The molecule has 0 saturated carbocycles. The number of hydrogen-bond acceptors (Lipinski definition) is 2. The lowest BCUT2D eigenvalue weighted by Gasteiger charge is -2.37. The summed E-state index contributed by atoms with van der Waals surface area (Å²) in [6.45, 7) is 3.41. The lowest BCUT2D eigenvalue weighted by molar-refractivity contribution is -0.210. The fraction of sp³-hybridized carbons (Fsp3) is 0.500. The van der Waals surface area contributed by atoms with Crippen LogP contribution in [0.5, 0.6) is 0 Å². The van der Waals surface area contributed by atoms with Crippen LogP contribution in [-0.4, -0.2) is 19.3 Å². The number of allylic oxidation sites excluding steroid dienone is 2. The Hall–Kier alpha value is -1.78. The number of carbonyl (C=O) groups is 1. The molecule has 1 atom stereocenters. The minimum Gasteiger partial charge on any atom is -0.469 e. The Kier molecular flexibility index (Phi) is 6.85. The maximum absolute atomic E-state index is 14.1. The van der Waals surface area contributed by atoms with Crippen LogP contribution in [0.4, 0.5) is 13.2 Å². The molecule has 0 aromatic heterocycles. The zero-order chi connectivity index (χ0) is 17.5. The van der Waals surface area contributed by atoms with Crippen molar-refractivity contribution >= 4 is 11.5 Å². The van der Waals surface area contributed by atoms with E-state index in [-0.39, 0.29) is 12.0 Å². The molecule has 0 saturated heterocycles. The predicted molar refractivity (Wildman–Crippen MR) is 84.7 cm³/mol. The van der Waals surface area contributed by atoms with Gasteiger partial charge < -0.3 is 4.74 Å². The minimum atomic E-state index is -4.55. The van der Waals surface area contributed by atoms with Crippen molar-refractivity contribution in [2.45, 2.75) is 45.7 Å². The van der Waals surface area contributed by atoms with E-state index in [4.69, 9.17) is 0 Å². The van der Waals surface area contributed by atoms with E-state index >= 15 is 0 Å². The van der Waals surface area contributed by atoms with Gasteiger partial charge in [0.05, 0.1) is 13.5 Å². The smallest absolute Gasteiger partial charge is 0.399 e. The molecule has 0 bridgehead atoms. The van der Waals surface area contributed by atoms with Crippen molar-refractivity contribution in [2.24, 2.45) is 5.41 Å². The zero-order valence-corrected chi connectivity index (χ0v) is 13.7. The molecule has 1 rings (SSSR count). The Labute approximate surface area is 135 Å². The van der Waals surface area contributed by atoms with Gasteiger partial charge in [0.15, 0.2) is 0 Å². The maximum Gasteiger partial charge on any atom is 0.399 e. The number of esters is 1. The zero-order valence-electron chi connectivity index (χ0n) is 13.7. The van der Waals surface area contributed by atoms with Crippen molar-refractivity contribution in [3.05, 3.63) is 42.0 Å². The first-order valence-electron chi connectivity index (χ1n) is 7.68. The van der Waals surface area contributed by atoms with Gasteiger partial charge in [-0.2, -0.15) is 13.2 Å². The molecule has 0 spiro atoms. The number of unbranched alkanes of at least 4 members (excludes halogenated alkanes) is 1. The Morgan fingerprint density at radius 2 is 1.83 bits per heavy atom. The van der Waals surface area contributed by atoms with Gasteiger partial charge >= 0.3 is 12.1 Å². The van der Waals surface area contributed by atoms with Crippen LogP contribution in [0.3, 0.4) is 0 Å². The second-order valence-corrected chi connectivity index (χ2v) is 5.50. The highest BCUT2D eigenvalue weighted by atomic mass is 19.4. The molecule has 5 heteroatoms. The van der Waals surface area contributed by atoms with Gasteiger partial charge in [-0.1, -0.05) is 56.2 Å². The first-order valence-corrected chi connectivity index (χ1v) is 7.68. The molecule has 1 aromatic carbocycles. The van der Waals surface area contributed by atoms with Gasteiger partial charge in [-0.15, -0.1) is 0 Å². The standard InChI is InChI=1S/C18H23F3O2/c1-4-6-12-17(18(19,20)21,13-16(22)23-3)15(5-2)14-10-8-7-9-11-14/h5,7-11H,4,6,12-13H2,1-3H3/b15-5+. The average Bonchev–Trinajstić information content (AvgIpc) is 2.52. The summed E-state index contributed by atoms with van der Waals surface area (Å²) in [5, 5.41) is 0. The number of methoxy groups -OCH3 is 1. The van der Waals surface area contributed by atoms with Gasteiger partial charge in [0, 0.05) is 0 Å². The van der Waals surface area contributed by atoms with Crippen LogP contribution >= 0.6 is 0 Å². The van der Waals surface area contributed by atoms with Crippen molar-refractivity contribution < 1.29 is 22.7 Å². The molecule has 0 heterocycles. The third-order valence-electron chi connectivity index (χ3n) is 4.06. The molecule has 0 aliphatic carbocycles. The summed E-state index contributed by atoms with van der Waals surface area (Å²) < 4.78 is 46.8. The molecule has 1 aromatic rings. The van der Waals surface area contributed by atoms with E-state index in [1.165, 1.54) is 6.08 Å². The molecule has 0 amide bonds. The highest BCUT2D eigenvalue weighted by Gasteiger charge is 2.57. The topological polar surface area (TPSA) is 26.3 Å². The van der Waals surface area contributed by atoms with Gasteiger partial charge in [0.25, 0.3) is 0 Å². The van der Waals surface area contributed by atoms with E-state index in [2.05, 4.69) is 4.74 Å². The summed E-state index contributed by atoms with van der Waals surface area (Å²) >= 11 is 0. The fourth-order valence-electron chi connectivity index (χ4n) is 2.85. The van der Waals surface area contributed by atoms with Crippen LogP contribution in [0.2, 0.25) is 0 Å². The van der Waals surface area contributed by atoms with Crippen LogP contribution in [-0.2, 0) is 9.53 Å². The van der Waals surface area contributed by atoms with Crippen LogP contribution in [0.15, 0.2) is 36.4 Å². The van der Waals surface area contributed by atoms with Crippen molar-refractivity contribution in [1.29, 1.82) is 0 Å². The van der Waals surface area contributed by atoms with Gasteiger partial charge in [-0.3, -0.25) is 4.79 Å². The monoisotopic (exact) mass is 328 g/mol. The lowest BCUT2D eigenvalue weighted by Crippen LogP contribution is -2.41. The Bertz CT molecular complexity index is 535. The molecule has 0 radical (unpaired) electrons. The number of rotatable bonds is 7. The summed E-state index contributed by atoms with van der Waals surface area (Å²) in [4.78, 5) is 11.7. The molecule has 0 aliphatic heterocycles. The van der Waals surface area contributed by atoms with Crippen molar-refractivity contribution in [3.63, 3.8) is 0 Å². The minimum absolute atomic E-state index is 0.129. The Balaban J connectivity index is 3.48. The van der Waals surface area contributed by atoms with Crippen LogP contribution < -0.4 is 0 Å². The van der Waals surface area contributed by atoms with Crippen LogP contribution in [0.1, 0.15) is 45.1 Å². The van der Waals surface area contributed by atoms with Crippen molar-refractivity contribution in [1.82, 2.24) is 0 Å². The fourth-order valence-corrected chi connectivity index (χ4v) is 2.85. The first kappa shape index (κ1) is 19.3. The number of alkyl halides is 3. The van der Waals surface area contributed by atoms with Gasteiger partial charge in [-0.05, 0) is 24.5 Å². The third-order valence-corrected chi connectivity index (χ3v) is 4.06. The highest BCUT2D eigenvalue weighted by Crippen LogP contribution is 2.54. The van der Waals surface area contributed by atoms with E-state index in [0.717, 1.165) is 7.11 Å². The summed E-state index contributed by atoms with van der Waals surface area (Å²) in [5.74, 6) is -0.853. The number of benzene rings is 1. The molecular formula is C18H23F3O2. The first-order chi connectivity index (χ1) is 10.8. The summed E-state index contributed by atoms with van der Waals surface area (Å²) in [7, 11) is 1.11. The normalized spacial score (nSPS) is 15.1. The molecule has 2 nitrogen and oxygen atoms in total. The third kappa shape index (κ3) is 4.36. The largest absolute Gasteiger partial charge is 0.469 e. The number of carbonyl (C=O) groups excluding carboxylic acids is 1. The Morgan fingerprint density at radius 3 is 2.26 bits per heavy atom. The van der Waals surface area contributed by atoms with Gasteiger partial charge in [-0.25, -0.2) is 0 Å². The molecule has 0 fully saturated rings. The average molecular weight is 328 g/mol. The second-order valence-electron chi connectivity index (χ2n) is 5.50. The van der Waals surface area contributed by atoms with Gasteiger partial charge in [0.2, 0.25) is 0 Å². The van der Waals surface area contributed by atoms with E-state index in [0.29, 0.717) is 18.4 Å². The molecule has 0 N–H and O–H groups in total. The summed E-state index contributed by atoms with van der Waals surface area (Å²) in [5.41, 5.74) is -1.62. The van der Waals surface area contributed by atoms with Crippen LogP contribution in [0.25, 0.3) is 5.57 Å². The maximum atomic E-state index is 14.1. The van der Waals surface area contributed by atoms with Crippen molar-refractivity contribution in [2.75, 3.05) is 7.11 Å². The molecule has 23 heavy (non-hydrogen) atoms.